The van der Waals surface area contributed by atoms with E-state index in [1.54, 1.807) is 0 Å². The maximum Gasteiger partial charge on any atom is 0.435 e. The van der Waals surface area contributed by atoms with Crippen LogP contribution in [0.1, 0.15) is 55.2 Å². The molecule has 2 fully saturated rings. The van der Waals surface area contributed by atoms with E-state index in [0.29, 0.717) is 31.4 Å². The Morgan fingerprint density at radius 1 is 0.905 bits per heavy atom. The lowest BCUT2D eigenvalue weighted by Crippen LogP contribution is -2.51. The standard InChI is InChI=1S/C28H27F8NO4S/c29-17-6-8-18(9-7-17)42(40,41)25-13-12-19(24(39)37-22-2-1-3-23(22)38)21(25)10-4-15-14-16(5-11-20(15)25)26(30,27(31,32)33)28(34,35)36/h5-9,11,14,19,21-23,38H,1-4,10,12-13H2,(H,37,39)/t19-,21+,22+,23+,25-/m1/s1. The Balaban J connectivity index is 1.64. The van der Waals surface area contributed by atoms with Crippen molar-refractivity contribution in [3.8, 4) is 0 Å². The molecule has 5 rings (SSSR count). The normalized spacial score (nSPS) is 28.3. The smallest absolute Gasteiger partial charge is 0.391 e. The maximum atomic E-state index is 14.9. The molecule has 2 aromatic carbocycles. The maximum absolute atomic E-state index is 14.9. The van der Waals surface area contributed by atoms with E-state index in [0.717, 1.165) is 30.3 Å². The molecule has 42 heavy (non-hydrogen) atoms. The number of aliphatic hydroxyl groups is 1. The Labute approximate surface area is 236 Å². The third kappa shape index (κ3) is 4.51. The van der Waals surface area contributed by atoms with Crippen LogP contribution in [0, 0.1) is 17.7 Å². The first-order chi connectivity index (χ1) is 19.4. The molecule has 0 saturated heterocycles. The van der Waals surface area contributed by atoms with Gasteiger partial charge in [-0.2, -0.15) is 26.3 Å². The molecule has 5 atom stereocenters. The van der Waals surface area contributed by atoms with Gasteiger partial charge in [-0.3, -0.25) is 4.79 Å². The molecular formula is C28H27F8NO4S. The van der Waals surface area contributed by atoms with E-state index in [1.165, 1.54) is 0 Å². The molecule has 0 bridgehead atoms. The Kier molecular flexibility index (Phi) is 7.44. The van der Waals surface area contributed by atoms with Gasteiger partial charge in [0.2, 0.25) is 5.91 Å². The van der Waals surface area contributed by atoms with E-state index < -0.39 is 73.9 Å². The highest BCUT2D eigenvalue weighted by Gasteiger charge is 2.74. The monoisotopic (exact) mass is 625 g/mol. The summed E-state index contributed by atoms with van der Waals surface area (Å²) in [4.78, 5) is 13.1. The largest absolute Gasteiger partial charge is 0.435 e. The molecule has 2 N–H and O–H groups in total. The van der Waals surface area contributed by atoms with E-state index >= 15 is 0 Å². The van der Waals surface area contributed by atoms with Crippen LogP contribution in [-0.2, 0) is 31.5 Å². The van der Waals surface area contributed by atoms with Crippen LogP contribution >= 0.6 is 0 Å². The Morgan fingerprint density at radius 2 is 1.55 bits per heavy atom. The highest BCUT2D eigenvalue weighted by molar-refractivity contribution is 7.92. The van der Waals surface area contributed by atoms with Gasteiger partial charge in [0.15, 0.2) is 9.84 Å². The lowest BCUT2D eigenvalue weighted by Gasteiger charge is -2.42. The summed E-state index contributed by atoms with van der Waals surface area (Å²) >= 11 is 0. The van der Waals surface area contributed by atoms with Crippen LogP contribution in [-0.4, -0.2) is 43.9 Å². The van der Waals surface area contributed by atoms with Gasteiger partial charge in [0.25, 0.3) is 0 Å². The summed E-state index contributed by atoms with van der Waals surface area (Å²) in [5.74, 6) is -3.12. The minimum atomic E-state index is -6.35. The van der Waals surface area contributed by atoms with Crippen LogP contribution in [0.2, 0.25) is 0 Å². The fourth-order valence-corrected chi connectivity index (χ4v) is 9.56. The van der Waals surface area contributed by atoms with E-state index in [-0.39, 0.29) is 41.7 Å². The van der Waals surface area contributed by atoms with Crippen molar-refractivity contribution in [2.75, 3.05) is 0 Å². The number of hydrogen-bond donors (Lipinski definition) is 2. The van der Waals surface area contributed by atoms with E-state index in [1.807, 2.05) is 0 Å². The number of rotatable bonds is 5. The summed E-state index contributed by atoms with van der Waals surface area (Å²) in [6.45, 7) is 0. The van der Waals surface area contributed by atoms with Crippen LogP contribution in [0.4, 0.5) is 35.1 Å². The van der Waals surface area contributed by atoms with Crippen molar-refractivity contribution in [3.63, 3.8) is 0 Å². The summed E-state index contributed by atoms with van der Waals surface area (Å²) in [6.07, 6.45) is -12.3. The zero-order valence-electron chi connectivity index (χ0n) is 21.9. The molecule has 0 aromatic heterocycles. The Hall–Kier alpha value is -2.74. The summed E-state index contributed by atoms with van der Waals surface area (Å²) in [6, 6.07) is 4.75. The molecule has 2 saturated carbocycles. The van der Waals surface area contributed by atoms with Crippen LogP contribution in [0.5, 0.6) is 0 Å². The van der Waals surface area contributed by atoms with Gasteiger partial charge in [-0.15, -0.1) is 0 Å². The number of carbonyl (C=O) groups is 1. The second-order valence-corrected chi connectivity index (χ2v) is 13.5. The van der Waals surface area contributed by atoms with Crippen molar-refractivity contribution in [3.05, 3.63) is 65.0 Å². The molecule has 14 heteroatoms. The van der Waals surface area contributed by atoms with Crippen molar-refractivity contribution in [1.82, 2.24) is 5.32 Å². The van der Waals surface area contributed by atoms with Gasteiger partial charge in [-0.1, -0.05) is 18.2 Å². The molecule has 3 aliphatic carbocycles. The number of fused-ring (bicyclic) bond motifs is 3. The zero-order valence-corrected chi connectivity index (χ0v) is 22.7. The zero-order chi connectivity index (χ0) is 30.9. The highest BCUT2D eigenvalue weighted by atomic mass is 32.2. The SMILES string of the molecule is O=C(N[C@H]1CCC[C@@H]1O)[C@@H]1CC[C@@]2(S(=O)(=O)c3ccc(F)cc3)c3ccc(C(F)(C(F)(F)F)C(F)(F)F)cc3CC[C@@H]12. The quantitative estimate of drug-likeness (QED) is 0.326. The lowest BCUT2D eigenvalue weighted by atomic mass is 9.72. The van der Waals surface area contributed by atoms with Gasteiger partial charge in [0.1, 0.15) is 10.6 Å². The number of nitrogens with one attached hydrogen (secondary N) is 1. The van der Waals surface area contributed by atoms with Crippen molar-refractivity contribution in [1.29, 1.82) is 0 Å². The number of amides is 1. The number of aliphatic hydroxyl groups excluding tert-OH is 1. The molecule has 0 unspecified atom stereocenters. The average molecular weight is 626 g/mol. The predicted molar refractivity (Wildman–Crippen MR) is 133 cm³/mol. The second kappa shape index (κ2) is 10.2. The van der Waals surface area contributed by atoms with E-state index in [4.69, 9.17) is 0 Å². The Bertz CT molecular complexity index is 1460. The number of halogens is 8. The molecule has 230 valence electrons. The number of sulfone groups is 1. The van der Waals surface area contributed by atoms with Gasteiger partial charge in [0.05, 0.1) is 17.0 Å². The van der Waals surface area contributed by atoms with Crippen LogP contribution in [0.25, 0.3) is 0 Å². The molecular weight excluding hydrogens is 598 g/mol. The molecule has 1 amide bonds. The van der Waals surface area contributed by atoms with Crippen molar-refractivity contribution in [2.45, 2.75) is 84.8 Å². The van der Waals surface area contributed by atoms with Gasteiger partial charge in [0, 0.05) is 11.5 Å². The molecule has 5 nitrogen and oxygen atoms in total. The summed E-state index contributed by atoms with van der Waals surface area (Å²) in [5.41, 5.74) is -7.75. The molecule has 0 heterocycles. The molecule has 0 radical (unpaired) electrons. The average Bonchev–Trinajstić information content (AvgIpc) is 3.51. The molecule has 0 aliphatic heterocycles. The number of carbonyl (C=O) groups excluding carboxylic acids is 1. The van der Waals surface area contributed by atoms with E-state index in [2.05, 4.69) is 5.32 Å². The highest BCUT2D eigenvalue weighted by Crippen LogP contribution is 2.60. The van der Waals surface area contributed by atoms with Gasteiger partial charge in [-0.05, 0) is 86.3 Å². The molecule has 3 aliphatic rings. The predicted octanol–water partition coefficient (Wildman–Crippen LogP) is 5.79. The fraction of sp³-hybridized carbons (Fsp3) is 0.536. The minimum Gasteiger partial charge on any atom is -0.391 e. The first-order valence-corrected chi connectivity index (χ1v) is 14.9. The summed E-state index contributed by atoms with van der Waals surface area (Å²) < 4.78 is 136. The lowest BCUT2D eigenvalue weighted by molar-refractivity contribution is -0.348. The third-order valence-electron chi connectivity index (χ3n) is 9.12. The van der Waals surface area contributed by atoms with Crippen LogP contribution < -0.4 is 5.32 Å². The van der Waals surface area contributed by atoms with Gasteiger partial charge in [-0.25, -0.2) is 17.2 Å². The van der Waals surface area contributed by atoms with Crippen molar-refractivity contribution in [2.24, 2.45) is 11.8 Å². The second-order valence-electron chi connectivity index (χ2n) is 11.3. The Morgan fingerprint density at radius 3 is 2.12 bits per heavy atom. The molecule has 2 aromatic rings. The number of aryl methyl sites for hydroxylation is 1. The van der Waals surface area contributed by atoms with Gasteiger partial charge < -0.3 is 10.4 Å². The summed E-state index contributed by atoms with van der Waals surface area (Å²) in [7, 11) is -4.53. The number of hydrogen-bond acceptors (Lipinski definition) is 4. The topological polar surface area (TPSA) is 83.5 Å². The van der Waals surface area contributed by atoms with Gasteiger partial charge >= 0.3 is 18.0 Å². The third-order valence-corrected chi connectivity index (χ3v) is 11.7. The summed E-state index contributed by atoms with van der Waals surface area (Å²) in [5, 5.41) is 12.9. The fourth-order valence-electron chi connectivity index (χ4n) is 7.09. The molecule has 0 spiro atoms. The number of alkyl halides is 7. The minimum absolute atomic E-state index is 0.0130. The number of benzene rings is 2. The van der Waals surface area contributed by atoms with Crippen LogP contribution in [0.15, 0.2) is 47.4 Å². The van der Waals surface area contributed by atoms with Crippen LogP contribution in [0.3, 0.4) is 0 Å². The van der Waals surface area contributed by atoms with E-state index in [9.17, 15) is 53.4 Å². The van der Waals surface area contributed by atoms with Crippen molar-refractivity contribution >= 4 is 15.7 Å². The van der Waals surface area contributed by atoms with Crippen molar-refractivity contribution < 1.29 is 53.4 Å². The first kappa shape index (κ1) is 30.7. The first-order valence-electron chi connectivity index (χ1n) is 13.4.